The molecule has 2 aromatic carbocycles. The highest BCUT2D eigenvalue weighted by atomic mass is 16.6. The van der Waals surface area contributed by atoms with Crippen LogP contribution in [0.15, 0.2) is 59.5 Å². The Morgan fingerprint density at radius 2 is 1.77 bits per heavy atom. The van der Waals surface area contributed by atoms with Crippen LogP contribution in [0, 0.1) is 0 Å². The molecule has 3 aromatic rings. The van der Waals surface area contributed by atoms with Crippen molar-refractivity contribution in [3.8, 4) is 5.75 Å². The Morgan fingerprint density at radius 1 is 1.00 bits per heavy atom. The Kier molecular flexibility index (Phi) is 3.83. The predicted octanol–water partition coefficient (Wildman–Crippen LogP) is 2.66. The van der Waals surface area contributed by atoms with Crippen molar-refractivity contribution in [2.24, 2.45) is 0 Å². The molecule has 1 aromatic heterocycles. The molecule has 0 spiro atoms. The summed E-state index contributed by atoms with van der Waals surface area (Å²) in [7, 11) is 3.05. The number of hydrogen-bond donors (Lipinski definition) is 0. The number of fused-ring (bicyclic) bond motifs is 1. The minimum Gasteiger partial charge on any atom is -0.496 e. The number of ether oxygens (including phenoxy) is 1. The molecule has 0 unspecified atom stereocenters. The summed E-state index contributed by atoms with van der Waals surface area (Å²) in [5, 5.41) is 1.43. The molecule has 0 N–H and O–H groups in total. The van der Waals surface area contributed by atoms with Crippen molar-refractivity contribution in [2.75, 3.05) is 14.2 Å². The van der Waals surface area contributed by atoms with Gasteiger partial charge in [0.05, 0.1) is 18.7 Å². The van der Waals surface area contributed by atoms with Crippen molar-refractivity contribution in [1.82, 2.24) is 4.73 Å². The lowest BCUT2D eigenvalue weighted by atomic mass is 10.0. The van der Waals surface area contributed by atoms with Gasteiger partial charge in [-0.15, -0.1) is 0 Å². The molecule has 0 amide bonds. The highest BCUT2D eigenvalue weighted by Crippen LogP contribution is 2.26. The Labute approximate surface area is 128 Å². The van der Waals surface area contributed by atoms with Crippen molar-refractivity contribution in [1.29, 1.82) is 0 Å². The van der Waals surface area contributed by atoms with Crippen molar-refractivity contribution < 1.29 is 9.57 Å². The topological polar surface area (TPSA) is 40.5 Å². The first-order valence-electron chi connectivity index (χ1n) is 7.04. The molecule has 0 saturated carbocycles. The number of benzene rings is 2. The molecular weight excluding hydrogens is 278 g/mol. The smallest absolute Gasteiger partial charge is 0.294 e. The summed E-state index contributed by atoms with van der Waals surface area (Å²) in [4.78, 5) is 17.7. The fraction of sp³-hybridized carbons (Fsp3) is 0.167. The molecule has 4 heteroatoms. The average Bonchev–Trinajstić information content (AvgIpc) is 2.57. The summed E-state index contributed by atoms with van der Waals surface area (Å²) < 4.78 is 6.60. The van der Waals surface area contributed by atoms with E-state index in [9.17, 15) is 4.79 Å². The van der Waals surface area contributed by atoms with Crippen LogP contribution in [0.1, 0.15) is 11.1 Å². The zero-order chi connectivity index (χ0) is 15.5. The third-order valence-corrected chi connectivity index (χ3v) is 3.71. The van der Waals surface area contributed by atoms with Gasteiger partial charge in [-0.3, -0.25) is 4.79 Å². The summed E-state index contributed by atoms with van der Waals surface area (Å²) in [6.07, 6.45) is 2.46. The van der Waals surface area contributed by atoms with Gasteiger partial charge in [-0.25, -0.2) is 0 Å². The van der Waals surface area contributed by atoms with Crippen molar-refractivity contribution in [3.05, 3.63) is 76.2 Å². The average molecular weight is 295 g/mol. The van der Waals surface area contributed by atoms with Gasteiger partial charge in [-0.2, -0.15) is 4.73 Å². The fourth-order valence-corrected chi connectivity index (χ4v) is 2.66. The Hall–Kier alpha value is -2.75. The largest absolute Gasteiger partial charge is 0.496 e. The molecule has 1 heterocycles. The molecule has 4 nitrogen and oxygen atoms in total. The van der Waals surface area contributed by atoms with Gasteiger partial charge in [0.2, 0.25) is 0 Å². The zero-order valence-electron chi connectivity index (χ0n) is 12.6. The number of nitrogens with zero attached hydrogens (tertiary/aromatic N) is 1. The number of pyridine rings is 1. The Morgan fingerprint density at radius 3 is 2.45 bits per heavy atom. The molecule has 0 atom stereocenters. The van der Waals surface area contributed by atoms with Crippen LogP contribution in [0.25, 0.3) is 10.8 Å². The van der Waals surface area contributed by atoms with E-state index in [0.29, 0.717) is 17.6 Å². The predicted molar refractivity (Wildman–Crippen MR) is 86.5 cm³/mol. The number of aromatic nitrogens is 1. The summed E-state index contributed by atoms with van der Waals surface area (Å²) in [5.41, 5.74) is 1.97. The number of hydrogen-bond acceptors (Lipinski definition) is 3. The van der Waals surface area contributed by atoms with Crippen LogP contribution in [-0.4, -0.2) is 19.0 Å². The van der Waals surface area contributed by atoms with Gasteiger partial charge in [-0.05, 0) is 29.0 Å². The first kappa shape index (κ1) is 14.2. The van der Waals surface area contributed by atoms with Crippen LogP contribution in [-0.2, 0) is 6.42 Å². The van der Waals surface area contributed by atoms with Crippen LogP contribution in [0.3, 0.4) is 0 Å². The van der Waals surface area contributed by atoms with Gasteiger partial charge < -0.3 is 9.57 Å². The second-order valence-electron chi connectivity index (χ2n) is 5.01. The molecule has 3 rings (SSSR count). The summed E-state index contributed by atoms with van der Waals surface area (Å²) in [6, 6.07) is 15.7. The molecule has 112 valence electrons. The van der Waals surface area contributed by atoms with Crippen LogP contribution in [0.2, 0.25) is 0 Å². The highest BCUT2D eigenvalue weighted by molar-refractivity contribution is 5.90. The van der Waals surface area contributed by atoms with Crippen molar-refractivity contribution in [3.63, 3.8) is 0 Å². The fourth-order valence-electron chi connectivity index (χ4n) is 2.66. The third-order valence-electron chi connectivity index (χ3n) is 3.71. The quantitative estimate of drug-likeness (QED) is 0.743. The van der Waals surface area contributed by atoms with Gasteiger partial charge in [0, 0.05) is 0 Å². The van der Waals surface area contributed by atoms with Crippen molar-refractivity contribution >= 4 is 10.8 Å². The molecule has 0 fully saturated rings. The molecule has 0 bridgehead atoms. The van der Waals surface area contributed by atoms with E-state index < -0.39 is 0 Å². The molecule has 0 aliphatic heterocycles. The molecule has 0 aliphatic carbocycles. The first-order chi connectivity index (χ1) is 10.7. The second kappa shape index (κ2) is 5.93. The van der Waals surface area contributed by atoms with E-state index in [1.165, 1.54) is 17.4 Å². The van der Waals surface area contributed by atoms with E-state index >= 15 is 0 Å². The SMILES string of the molecule is COc1cccc2c(Cc3ccccc3)cn(OC)c(=O)c12. The van der Waals surface area contributed by atoms with Crippen LogP contribution in [0.4, 0.5) is 0 Å². The monoisotopic (exact) mass is 295 g/mol. The lowest BCUT2D eigenvalue weighted by Crippen LogP contribution is -2.25. The van der Waals surface area contributed by atoms with Gasteiger partial charge in [0.1, 0.15) is 12.9 Å². The minimum absolute atomic E-state index is 0.216. The molecular formula is C18H17NO3. The van der Waals surface area contributed by atoms with E-state index in [1.54, 1.807) is 19.4 Å². The molecule has 0 radical (unpaired) electrons. The summed E-state index contributed by atoms with van der Waals surface area (Å²) in [6.45, 7) is 0. The Balaban J connectivity index is 2.26. The maximum absolute atomic E-state index is 12.5. The van der Waals surface area contributed by atoms with Crippen molar-refractivity contribution in [2.45, 2.75) is 6.42 Å². The van der Waals surface area contributed by atoms with Gasteiger partial charge in [0.15, 0.2) is 0 Å². The van der Waals surface area contributed by atoms with Gasteiger partial charge in [0.25, 0.3) is 5.56 Å². The van der Waals surface area contributed by atoms with E-state index in [4.69, 9.17) is 9.57 Å². The number of methoxy groups -OCH3 is 1. The van der Waals surface area contributed by atoms with Gasteiger partial charge >= 0.3 is 0 Å². The van der Waals surface area contributed by atoms with E-state index in [1.807, 2.05) is 30.3 Å². The second-order valence-corrected chi connectivity index (χ2v) is 5.01. The maximum atomic E-state index is 12.5. The standard InChI is InChI=1S/C18H17NO3/c1-21-16-10-6-9-15-14(11-13-7-4-3-5-8-13)12-19(22-2)18(20)17(15)16/h3-10,12H,11H2,1-2H3. The molecule has 0 aliphatic rings. The van der Waals surface area contributed by atoms with Crippen LogP contribution < -0.4 is 15.1 Å². The molecule has 22 heavy (non-hydrogen) atoms. The van der Waals surface area contributed by atoms with Crippen LogP contribution in [0.5, 0.6) is 5.75 Å². The highest BCUT2D eigenvalue weighted by Gasteiger charge is 2.13. The van der Waals surface area contributed by atoms with Crippen LogP contribution >= 0.6 is 0 Å². The minimum atomic E-state index is -0.216. The summed E-state index contributed by atoms with van der Waals surface area (Å²) >= 11 is 0. The van der Waals surface area contributed by atoms with E-state index in [0.717, 1.165) is 10.9 Å². The van der Waals surface area contributed by atoms with E-state index in [2.05, 4.69) is 12.1 Å². The normalized spacial score (nSPS) is 10.6. The zero-order valence-corrected chi connectivity index (χ0v) is 12.6. The van der Waals surface area contributed by atoms with E-state index in [-0.39, 0.29) is 5.56 Å². The van der Waals surface area contributed by atoms with Gasteiger partial charge in [-0.1, -0.05) is 42.5 Å². The maximum Gasteiger partial charge on any atom is 0.294 e. The Bertz CT molecular complexity index is 853. The third kappa shape index (κ3) is 2.44. The lowest BCUT2D eigenvalue weighted by Gasteiger charge is -2.13. The number of rotatable bonds is 4. The summed E-state index contributed by atoms with van der Waals surface area (Å²) in [5.74, 6) is 0.559. The lowest BCUT2D eigenvalue weighted by molar-refractivity contribution is 0.158. The molecule has 0 saturated heterocycles. The first-order valence-corrected chi connectivity index (χ1v) is 7.04.